The fraction of sp³-hybridized carbons (Fsp3) is 0.375. The van der Waals surface area contributed by atoms with Crippen LogP contribution in [0.4, 0.5) is 5.69 Å². The molecule has 0 aliphatic rings. The fourth-order valence-corrected chi connectivity index (χ4v) is 1.53. The molecule has 1 aromatic rings. The Balaban J connectivity index is 2.71. The van der Waals surface area contributed by atoms with Crippen molar-refractivity contribution >= 4 is 15.5 Å². The molecule has 0 bridgehead atoms. The van der Waals surface area contributed by atoms with Crippen LogP contribution < -0.4 is 5.73 Å². The molecule has 0 atom stereocenters. The van der Waals surface area contributed by atoms with Gasteiger partial charge in [0.25, 0.3) is 0 Å². The van der Waals surface area contributed by atoms with E-state index in [2.05, 4.69) is 4.98 Å². The van der Waals surface area contributed by atoms with Crippen molar-refractivity contribution in [1.29, 1.82) is 0 Å². The Morgan fingerprint density at radius 3 is 2.77 bits per heavy atom. The van der Waals surface area contributed by atoms with Gasteiger partial charge in [0, 0.05) is 24.3 Å². The third-order valence-electron chi connectivity index (χ3n) is 1.68. The van der Waals surface area contributed by atoms with E-state index in [9.17, 15) is 8.42 Å². The zero-order chi connectivity index (χ0) is 9.90. The molecule has 0 aromatic carbocycles. The van der Waals surface area contributed by atoms with Gasteiger partial charge in [0.05, 0.1) is 5.75 Å². The first-order valence-corrected chi connectivity index (χ1v) is 5.91. The van der Waals surface area contributed by atoms with Crippen molar-refractivity contribution in [3.05, 3.63) is 24.0 Å². The van der Waals surface area contributed by atoms with Crippen LogP contribution in [-0.2, 0) is 16.3 Å². The minimum Gasteiger partial charge on any atom is -0.398 e. The molecule has 72 valence electrons. The smallest absolute Gasteiger partial charge is 0.147 e. The predicted octanol–water partition coefficient (Wildman–Crippen LogP) is 0.251. The van der Waals surface area contributed by atoms with Crippen molar-refractivity contribution in [3.63, 3.8) is 0 Å². The quantitative estimate of drug-likeness (QED) is 0.759. The van der Waals surface area contributed by atoms with Crippen molar-refractivity contribution in [1.82, 2.24) is 4.98 Å². The molecule has 13 heavy (non-hydrogen) atoms. The first-order valence-electron chi connectivity index (χ1n) is 3.85. The Hall–Kier alpha value is -1.10. The van der Waals surface area contributed by atoms with Crippen LogP contribution in [0.25, 0.3) is 0 Å². The molecule has 0 spiro atoms. The first-order chi connectivity index (χ1) is 5.99. The van der Waals surface area contributed by atoms with Gasteiger partial charge in [0.2, 0.25) is 0 Å². The summed E-state index contributed by atoms with van der Waals surface area (Å²) < 4.78 is 21.7. The summed E-state index contributed by atoms with van der Waals surface area (Å²) >= 11 is 0. The predicted molar refractivity (Wildman–Crippen MR) is 52.1 cm³/mol. The van der Waals surface area contributed by atoms with Crippen LogP contribution in [0.15, 0.2) is 18.5 Å². The maximum Gasteiger partial charge on any atom is 0.147 e. The number of rotatable bonds is 3. The molecule has 0 amide bonds. The largest absolute Gasteiger partial charge is 0.398 e. The Morgan fingerprint density at radius 2 is 2.23 bits per heavy atom. The van der Waals surface area contributed by atoms with Crippen molar-refractivity contribution < 1.29 is 8.42 Å². The fourth-order valence-electron chi connectivity index (χ4n) is 0.942. The second kappa shape index (κ2) is 3.74. The number of pyridine rings is 1. The molecule has 0 aliphatic carbocycles. The van der Waals surface area contributed by atoms with Gasteiger partial charge < -0.3 is 5.73 Å². The Kier molecular flexibility index (Phi) is 2.87. The molecule has 1 aromatic heterocycles. The zero-order valence-corrected chi connectivity index (χ0v) is 8.21. The highest BCUT2D eigenvalue weighted by Crippen LogP contribution is 2.09. The van der Waals surface area contributed by atoms with Crippen LogP contribution in [0.2, 0.25) is 0 Å². The lowest BCUT2D eigenvalue weighted by Crippen LogP contribution is -2.07. The van der Waals surface area contributed by atoms with Crippen LogP contribution in [0.1, 0.15) is 5.56 Å². The van der Waals surface area contributed by atoms with E-state index in [1.165, 1.54) is 6.26 Å². The molecule has 0 saturated carbocycles. The molecule has 2 N–H and O–H groups in total. The molecule has 1 heterocycles. The van der Waals surface area contributed by atoms with Crippen LogP contribution in [0.5, 0.6) is 0 Å². The highest BCUT2D eigenvalue weighted by Gasteiger charge is 2.04. The number of aryl methyl sites for hydroxylation is 1. The Bertz CT molecular complexity index is 387. The highest BCUT2D eigenvalue weighted by molar-refractivity contribution is 7.90. The number of nitrogens with zero attached hydrogens (tertiary/aromatic N) is 1. The van der Waals surface area contributed by atoms with Gasteiger partial charge in [-0.3, -0.25) is 4.98 Å². The van der Waals surface area contributed by atoms with Gasteiger partial charge in [-0.15, -0.1) is 0 Å². The number of hydrogen-bond donors (Lipinski definition) is 1. The van der Waals surface area contributed by atoms with Crippen molar-refractivity contribution in [3.8, 4) is 0 Å². The van der Waals surface area contributed by atoms with Gasteiger partial charge in [-0.2, -0.15) is 0 Å². The number of anilines is 1. The molecule has 0 aliphatic heterocycles. The summed E-state index contributed by atoms with van der Waals surface area (Å²) in [5.41, 5.74) is 7.00. The van der Waals surface area contributed by atoms with Gasteiger partial charge in [-0.1, -0.05) is 0 Å². The maximum absolute atomic E-state index is 10.9. The zero-order valence-electron chi connectivity index (χ0n) is 7.40. The number of nitrogens with two attached hydrogens (primary N) is 1. The van der Waals surface area contributed by atoms with E-state index in [0.29, 0.717) is 12.1 Å². The summed E-state index contributed by atoms with van der Waals surface area (Å²) in [5, 5.41) is 0. The van der Waals surface area contributed by atoms with E-state index >= 15 is 0 Å². The van der Waals surface area contributed by atoms with E-state index in [1.807, 2.05) is 0 Å². The van der Waals surface area contributed by atoms with Crippen molar-refractivity contribution in [2.75, 3.05) is 17.7 Å². The average molecular weight is 200 g/mol. The van der Waals surface area contributed by atoms with Crippen molar-refractivity contribution in [2.45, 2.75) is 6.42 Å². The van der Waals surface area contributed by atoms with E-state index in [4.69, 9.17) is 5.73 Å². The molecular weight excluding hydrogens is 188 g/mol. The minimum absolute atomic E-state index is 0.114. The number of sulfone groups is 1. The average Bonchev–Trinajstić information content (AvgIpc) is 2.01. The Labute approximate surface area is 77.7 Å². The molecule has 0 fully saturated rings. The molecule has 4 nitrogen and oxygen atoms in total. The van der Waals surface area contributed by atoms with Gasteiger partial charge in [0.1, 0.15) is 9.84 Å². The molecule has 0 unspecified atom stereocenters. The summed E-state index contributed by atoms with van der Waals surface area (Å²) in [4.78, 5) is 3.87. The molecule has 5 heteroatoms. The van der Waals surface area contributed by atoms with Gasteiger partial charge in [0.15, 0.2) is 0 Å². The van der Waals surface area contributed by atoms with E-state index in [-0.39, 0.29) is 5.75 Å². The standard InChI is InChI=1S/C8H12N2O2S/c1-13(11,12)5-3-7-6-10-4-2-8(7)9/h2,4,6H,3,5H2,1H3,(H2,9,10). The summed E-state index contributed by atoms with van der Waals surface area (Å²) in [6, 6.07) is 1.66. The lowest BCUT2D eigenvalue weighted by Gasteiger charge is -2.02. The molecule has 0 radical (unpaired) electrons. The van der Waals surface area contributed by atoms with E-state index < -0.39 is 9.84 Å². The lowest BCUT2D eigenvalue weighted by molar-refractivity contribution is 0.601. The van der Waals surface area contributed by atoms with Gasteiger partial charge in [-0.25, -0.2) is 8.42 Å². The lowest BCUT2D eigenvalue weighted by atomic mass is 10.2. The Morgan fingerprint density at radius 1 is 1.54 bits per heavy atom. The third kappa shape index (κ3) is 3.42. The second-order valence-corrected chi connectivity index (χ2v) is 5.21. The van der Waals surface area contributed by atoms with E-state index in [1.54, 1.807) is 18.5 Å². The molecular formula is C8H12N2O2S. The number of hydrogen-bond acceptors (Lipinski definition) is 4. The normalized spacial score (nSPS) is 11.5. The van der Waals surface area contributed by atoms with Crippen LogP contribution >= 0.6 is 0 Å². The highest BCUT2D eigenvalue weighted by atomic mass is 32.2. The maximum atomic E-state index is 10.9. The van der Waals surface area contributed by atoms with Gasteiger partial charge in [-0.05, 0) is 18.1 Å². The SMILES string of the molecule is CS(=O)(=O)CCc1cnccc1N. The van der Waals surface area contributed by atoms with E-state index in [0.717, 1.165) is 5.56 Å². The molecule has 1 rings (SSSR count). The summed E-state index contributed by atoms with van der Waals surface area (Å²) in [6.45, 7) is 0. The topological polar surface area (TPSA) is 73.0 Å². The molecule has 0 saturated heterocycles. The first kappa shape index (κ1) is 9.98. The monoisotopic (exact) mass is 200 g/mol. The van der Waals surface area contributed by atoms with Crippen LogP contribution in [0.3, 0.4) is 0 Å². The summed E-state index contributed by atoms with van der Waals surface area (Å²) in [7, 11) is -2.92. The van der Waals surface area contributed by atoms with Gasteiger partial charge >= 0.3 is 0 Å². The summed E-state index contributed by atoms with van der Waals surface area (Å²) in [6.07, 6.45) is 4.82. The van der Waals surface area contributed by atoms with Crippen LogP contribution in [0, 0.1) is 0 Å². The number of aromatic nitrogens is 1. The second-order valence-electron chi connectivity index (χ2n) is 2.95. The van der Waals surface area contributed by atoms with Crippen LogP contribution in [-0.4, -0.2) is 25.4 Å². The summed E-state index contributed by atoms with van der Waals surface area (Å²) in [5.74, 6) is 0.114. The third-order valence-corrected chi connectivity index (χ3v) is 2.63. The van der Waals surface area contributed by atoms with Crippen molar-refractivity contribution in [2.24, 2.45) is 0 Å². The number of nitrogen functional groups attached to an aromatic ring is 1. The minimum atomic E-state index is -2.92.